The molecule has 106 valence electrons. The van der Waals surface area contributed by atoms with E-state index in [0.717, 1.165) is 0 Å². The lowest BCUT2D eigenvalue weighted by atomic mass is 9.94. The topological polar surface area (TPSA) is 131 Å². The van der Waals surface area contributed by atoms with E-state index in [9.17, 15) is 9.59 Å². The summed E-state index contributed by atoms with van der Waals surface area (Å²) in [5.74, 6) is -1.28. The molecule has 8 nitrogen and oxygen atoms in total. The molecule has 1 unspecified atom stereocenters. The Kier molecular flexibility index (Phi) is 5.28. The number of carbonyl (C=O) groups is 2. The van der Waals surface area contributed by atoms with Crippen molar-refractivity contribution in [1.82, 2.24) is 15.6 Å². The maximum atomic E-state index is 11.7. The minimum atomic E-state index is -0.887. The van der Waals surface area contributed by atoms with Gasteiger partial charge in [0.15, 0.2) is 0 Å². The Balaban J connectivity index is 2.53. The van der Waals surface area contributed by atoms with Crippen LogP contribution in [0.3, 0.4) is 0 Å². The lowest BCUT2D eigenvalue weighted by Crippen LogP contribution is -2.31. The van der Waals surface area contributed by atoms with E-state index in [2.05, 4.69) is 20.3 Å². The highest BCUT2D eigenvalue weighted by Crippen LogP contribution is 2.15. The molecule has 0 bridgehead atoms. The second-order valence-electron chi connectivity index (χ2n) is 4.80. The van der Waals surface area contributed by atoms with Gasteiger partial charge in [-0.1, -0.05) is 13.8 Å². The van der Waals surface area contributed by atoms with Crippen molar-refractivity contribution in [2.24, 2.45) is 11.8 Å². The van der Waals surface area contributed by atoms with E-state index in [0.29, 0.717) is 12.3 Å². The monoisotopic (exact) mass is 270 g/mol. The van der Waals surface area contributed by atoms with Crippen LogP contribution in [0.15, 0.2) is 4.63 Å². The Hall–Kier alpha value is -2.12. The van der Waals surface area contributed by atoms with Gasteiger partial charge < -0.3 is 16.2 Å². The van der Waals surface area contributed by atoms with Crippen molar-refractivity contribution in [3.63, 3.8) is 0 Å². The van der Waals surface area contributed by atoms with Crippen molar-refractivity contribution in [2.45, 2.75) is 26.7 Å². The molecule has 0 saturated carbocycles. The molecular formula is C11H18N4O4. The number of hydrogen-bond donors (Lipinski definition) is 3. The molecule has 0 radical (unpaired) electrons. The van der Waals surface area contributed by atoms with Gasteiger partial charge in [-0.05, 0) is 28.6 Å². The van der Waals surface area contributed by atoms with Gasteiger partial charge in [0.05, 0.1) is 0 Å². The quantitative estimate of drug-likeness (QED) is 0.658. The average Bonchev–Trinajstić information content (AvgIpc) is 2.70. The number of hydrogen-bond acceptors (Lipinski definition) is 6. The number of nitrogens with zero attached hydrogens (tertiary/aromatic N) is 2. The summed E-state index contributed by atoms with van der Waals surface area (Å²) >= 11 is 0. The fourth-order valence-corrected chi connectivity index (χ4v) is 1.83. The Morgan fingerprint density at radius 1 is 1.42 bits per heavy atom. The van der Waals surface area contributed by atoms with E-state index in [-0.39, 0.29) is 30.4 Å². The third-order valence-corrected chi connectivity index (χ3v) is 2.55. The van der Waals surface area contributed by atoms with Crippen LogP contribution in [0.1, 0.15) is 37.2 Å². The zero-order valence-corrected chi connectivity index (χ0v) is 10.9. The zero-order chi connectivity index (χ0) is 14.4. The van der Waals surface area contributed by atoms with Gasteiger partial charge >= 0.3 is 5.97 Å². The predicted molar refractivity (Wildman–Crippen MR) is 66.2 cm³/mol. The van der Waals surface area contributed by atoms with Gasteiger partial charge in [0.25, 0.3) is 5.91 Å². The molecule has 1 heterocycles. The summed E-state index contributed by atoms with van der Waals surface area (Å²) in [6.45, 7) is 4.24. The van der Waals surface area contributed by atoms with Crippen LogP contribution >= 0.6 is 0 Å². The molecule has 0 aliphatic heterocycles. The third-order valence-electron chi connectivity index (χ3n) is 2.55. The molecular weight excluding hydrogens is 252 g/mol. The molecule has 1 rings (SSSR count). The van der Waals surface area contributed by atoms with Crippen LogP contribution in [0.5, 0.6) is 0 Å². The highest BCUT2D eigenvalue weighted by atomic mass is 16.6. The van der Waals surface area contributed by atoms with E-state index in [1.165, 1.54) is 0 Å². The van der Waals surface area contributed by atoms with Crippen molar-refractivity contribution in [3.05, 3.63) is 5.69 Å². The van der Waals surface area contributed by atoms with Gasteiger partial charge in [0, 0.05) is 13.0 Å². The van der Waals surface area contributed by atoms with Crippen molar-refractivity contribution >= 4 is 17.7 Å². The molecule has 0 aliphatic rings. The summed E-state index contributed by atoms with van der Waals surface area (Å²) < 4.78 is 4.32. The number of anilines is 1. The van der Waals surface area contributed by atoms with Crippen molar-refractivity contribution in [2.75, 3.05) is 12.3 Å². The van der Waals surface area contributed by atoms with Crippen LogP contribution in [0.4, 0.5) is 5.82 Å². The zero-order valence-electron chi connectivity index (χ0n) is 10.9. The molecule has 0 aliphatic carbocycles. The number of carbonyl (C=O) groups excluding carboxylic acids is 1. The number of aliphatic carboxylic acids is 1. The number of rotatable bonds is 7. The summed E-state index contributed by atoms with van der Waals surface area (Å²) in [4.78, 5) is 22.5. The predicted octanol–water partition coefficient (Wildman–Crippen LogP) is 0.519. The molecule has 19 heavy (non-hydrogen) atoms. The largest absolute Gasteiger partial charge is 0.481 e. The number of nitrogen functional groups attached to an aromatic ring is 1. The molecule has 1 amide bonds. The second-order valence-corrected chi connectivity index (χ2v) is 4.80. The molecule has 0 aromatic carbocycles. The minimum absolute atomic E-state index is 0.00497. The van der Waals surface area contributed by atoms with Crippen LogP contribution in [0.2, 0.25) is 0 Å². The number of aromatic nitrogens is 2. The summed E-state index contributed by atoms with van der Waals surface area (Å²) in [6.07, 6.45) is 0.712. The molecule has 1 aromatic rings. The first-order valence-corrected chi connectivity index (χ1v) is 5.98. The second kappa shape index (κ2) is 6.72. The Bertz CT molecular complexity index is 444. The van der Waals surface area contributed by atoms with Crippen LogP contribution in [-0.2, 0) is 4.79 Å². The molecule has 0 fully saturated rings. The van der Waals surface area contributed by atoms with Gasteiger partial charge in [-0.3, -0.25) is 9.59 Å². The van der Waals surface area contributed by atoms with Crippen molar-refractivity contribution < 1.29 is 19.3 Å². The standard InChI is InChI=1S/C11H18N4O4/c1-6(2)3-7(4-8(16)17)5-13-11(18)9-10(12)15-19-14-9/h6-7H,3-5H2,1-2H3,(H2,12,15)(H,13,18)(H,16,17). The minimum Gasteiger partial charge on any atom is -0.481 e. The highest BCUT2D eigenvalue weighted by molar-refractivity contribution is 5.95. The molecule has 1 aromatic heterocycles. The maximum Gasteiger partial charge on any atom is 0.303 e. The van der Waals surface area contributed by atoms with Gasteiger partial charge in [-0.25, -0.2) is 4.63 Å². The summed E-state index contributed by atoms with van der Waals surface area (Å²) in [6, 6.07) is 0. The number of carboxylic acids is 1. The lowest BCUT2D eigenvalue weighted by molar-refractivity contribution is -0.138. The number of carboxylic acid groups (broad SMARTS) is 1. The first-order valence-electron chi connectivity index (χ1n) is 5.98. The normalized spacial score (nSPS) is 12.4. The number of amides is 1. The van der Waals surface area contributed by atoms with Gasteiger partial charge in [0.2, 0.25) is 11.5 Å². The van der Waals surface area contributed by atoms with E-state index < -0.39 is 11.9 Å². The summed E-state index contributed by atoms with van der Waals surface area (Å²) in [5, 5.41) is 18.1. The summed E-state index contributed by atoms with van der Waals surface area (Å²) in [7, 11) is 0. The molecule has 1 atom stereocenters. The fraction of sp³-hybridized carbons (Fsp3) is 0.636. The van der Waals surface area contributed by atoms with Gasteiger partial charge in [-0.15, -0.1) is 0 Å². The van der Waals surface area contributed by atoms with Gasteiger partial charge in [0.1, 0.15) is 0 Å². The van der Waals surface area contributed by atoms with Crippen LogP contribution in [-0.4, -0.2) is 33.8 Å². The van der Waals surface area contributed by atoms with Crippen LogP contribution in [0.25, 0.3) is 0 Å². The first kappa shape index (κ1) is 14.9. The Morgan fingerprint density at radius 3 is 2.58 bits per heavy atom. The number of nitrogens with two attached hydrogens (primary N) is 1. The smallest absolute Gasteiger partial charge is 0.303 e. The molecule has 4 N–H and O–H groups in total. The highest BCUT2D eigenvalue weighted by Gasteiger charge is 2.19. The van der Waals surface area contributed by atoms with E-state index in [1.54, 1.807) is 0 Å². The molecule has 8 heteroatoms. The lowest BCUT2D eigenvalue weighted by Gasteiger charge is -2.17. The van der Waals surface area contributed by atoms with E-state index >= 15 is 0 Å². The van der Waals surface area contributed by atoms with Crippen molar-refractivity contribution in [3.8, 4) is 0 Å². The SMILES string of the molecule is CC(C)CC(CNC(=O)c1nonc1N)CC(=O)O. The van der Waals surface area contributed by atoms with Crippen LogP contribution < -0.4 is 11.1 Å². The number of nitrogens with one attached hydrogen (secondary N) is 1. The van der Waals surface area contributed by atoms with Gasteiger partial charge in [-0.2, -0.15) is 0 Å². The van der Waals surface area contributed by atoms with E-state index in [4.69, 9.17) is 10.8 Å². The average molecular weight is 270 g/mol. The Morgan fingerprint density at radius 2 is 2.11 bits per heavy atom. The summed E-state index contributed by atoms with van der Waals surface area (Å²) in [5.41, 5.74) is 5.30. The Labute approximate surface area is 110 Å². The van der Waals surface area contributed by atoms with Crippen LogP contribution in [0, 0.1) is 11.8 Å². The van der Waals surface area contributed by atoms with E-state index in [1.807, 2.05) is 13.8 Å². The fourth-order valence-electron chi connectivity index (χ4n) is 1.83. The molecule has 0 saturated heterocycles. The third kappa shape index (κ3) is 4.94. The molecule has 0 spiro atoms. The maximum absolute atomic E-state index is 11.7. The first-order chi connectivity index (χ1) is 8.90. The van der Waals surface area contributed by atoms with Crippen molar-refractivity contribution in [1.29, 1.82) is 0 Å².